The van der Waals surface area contributed by atoms with Crippen LogP contribution in [0.2, 0.25) is 10.0 Å². The van der Waals surface area contributed by atoms with Crippen LogP contribution in [-0.4, -0.2) is 21.2 Å². The van der Waals surface area contributed by atoms with Gasteiger partial charge >= 0.3 is 0 Å². The molecule has 0 aliphatic heterocycles. The molecule has 0 radical (unpaired) electrons. The highest BCUT2D eigenvalue weighted by Gasteiger charge is 2.12. The molecule has 8 heteroatoms. The van der Waals surface area contributed by atoms with E-state index in [1.54, 1.807) is 36.2 Å². The molecule has 0 unspecified atom stereocenters. The molecular weight excluding hydrogens is 415 g/mol. The number of fused-ring (bicyclic) bond motifs is 1. The molecule has 2 heterocycles. The molecule has 0 spiro atoms. The average Bonchev–Trinajstić information content (AvgIpc) is 2.70. The molecule has 2 aromatic carbocycles. The first-order chi connectivity index (χ1) is 13.5. The summed E-state index contributed by atoms with van der Waals surface area (Å²) in [6, 6.07) is 14.9. The highest BCUT2D eigenvalue weighted by atomic mass is 35.5. The highest BCUT2D eigenvalue weighted by molar-refractivity contribution is 7.98. The van der Waals surface area contributed by atoms with Crippen molar-refractivity contribution < 1.29 is 0 Å². The number of H-pyrrole nitrogens is 1. The van der Waals surface area contributed by atoms with Crippen LogP contribution in [0.4, 0.5) is 11.6 Å². The summed E-state index contributed by atoms with van der Waals surface area (Å²) >= 11 is 13.8. The van der Waals surface area contributed by atoms with Gasteiger partial charge < -0.3 is 5.32 Å². The monoisotopic (exact) mass is 428 g/mol. The number of halogens is 2. The third kappa shape index (κ3) is 3.71. The van der Waals surface area contributed by atoms with Gasteiger partial charge in [-0.05, 0) is 53.8 Å². The summed E-state index contributed by atoms with van der Waals surface area (Å²) in [5.74, 6) is 0.254. The number of aromatic nitrogens is 3. The SMILES string of the molecule is CSc1ccc(-c2ccnc3nc(Nc4ccc(Cl)cc4Cl)[nH]c(=O)c23)cc1. The number of rotatable bonds is 4. The third-order valence-electron chi connectivity index (χ3n) is 4.19. The molecule has 0 amide bonds. The summed E-state index contributed by atoms with van der Waals surface area (Å²) in [7, 11) is 0. The van der Waals surface area contributed by atoms with Crippen LogP contribution in [0.25, 0.3) is 22.2 Å². The molecule has 2 N–H and O–H groups in total. The van der Waals surface area contributed by atoms with Gasteiger partial charge in [0.25, 0.3) is 5.56 Å². The Balaban J connectivity index is 1.78. The zero-order chi connectivity index (χ0) is 19.7. The largest absolute Gasteiger partial charge is 0.324 e. The molecule has 28 heavy (non-hydrogen) atoms. The van der Waals surface area contributed by atoms with Crippen LogP contribution in [0.5, 0.6) is 0 Å². The minimum absolute atomic E-state index is 0.254. The lowest BCUT2D eigenvalue weighted by atomic mass is 10.0. The standard InChI is InChI=1S/C20H14Cl2N4OS/c1-28-13-5-2-11(3-6-13)14-8-9-23-18-17(14)19(27)26-20(25-18)24-16-7-4-12(21)10-15(16)22/h2-10H,1H3,(H2,23,24,25,26,27). The maximum absolute atomic E-state index is 12.8. The number of nitrogens with one attached hydrogen (secondary N) is 2. The van der Waals surface area contributed by atoms with Crippen molar-refractivity contribution >= 4 is 57.6 Å². The van der Waals surface area contributed by atoms with E-state index < -0.39 is 0 Å². The van der Waals surface area contributed by atoms with Crippen molar-refractivity contribution in [1.82, 2.24) is 15.0 Å². The number of nitrogens with zero attached hydrogens (tertiary/aromatic N) is 2. The van der Waals surface area contributed by atoms with E-state index in [0.29, 0.717) is 26.8 Å². The van der Waals surface area contributed by atoms with Gasteiger partial charge in [-0.1, -0.05) is 35.3 Å². The van der Waals surface area contributed by atoms with Crippen molar-refractivity contribution in [3.05, 3.63) is 75.1 Å². The Hall–Kier alpha value is -2.54. The predicted molar refractivity (Wildman–Crippen MR) is 117 cm³/mol. The Labute approximate surface area is 175 Å². The minimum atomic E-state index is -0.283. The van der Waals surface area contributed by atoms with Crippen LogP contribution in [0, 0.1) is 0 Å². The molecule has 4 rings (SSSR count). The fourth-order valence-electron chi connectivity index (χ4n) is 2.85. The van der Waals surface area contributed by atoms with Crippen LogP contribution in [0.1, 0.15) is 0 Å². The summed E-state index contributed by atoms with van der Waals surface area (Å²) in [6.07, 6.45) is 3.67. The Kier molecular flexibility index (Phi) is 5.26. The number of thioether (sulfide) groups is 1. The molecule has 0 aliphatic carbocycles. The molecule has 0 aliphatic rings. The second-order valence-electron chi connectivity index (χ2n) is 5.95. The Bertz CT molecular complexity index is 1230. The molecular formula is C20H14Cl2N4OS. The van der Waals surface area contributed by atoms with Gasteiger partial charge in [0.1, 0.15) is 0 Å². The fourth-order valence-corrected chi connectivity index (χ4v) is 3.72. The van der Waals surface area contributed by atoms with Gasteiger partial charge in [0.05, 0.1) is 16.1 Å². The number of hydrogen-bond donors (Lipinski definition) is 2. The molecule has 0 atom stereocenters. The van der Waals surface area contributed by atoms with E-state index >= 15 is 0 Å². The second kappa shape index (κ2) is 7.83. The molecule has 5 nitrogen and oxygen atoms in total. The Morgan fingerprint density at radius 3 is 2.57 bits per heavy atom. The maximum atomic E-state index is 12.8. The average molecular weight is 429 g/mol. The van der Waals surface area contributed by atoms with Gasteiger partial charge in [0.15, 0.2) is 5.65 Å². The van der Waals surface area contributed by atoms with Crippen molar-refractivity contribution in [2.75, 3.05) is 11.6 Å². The fraction of sp³-hybridized carbons (Fsp3) is 0.0500. The summed E-state index contributed by atoms with van der Waals surface area (Å²) in [4.78, 5) is 25.4. The quantitative estimate of drug-likeness (QED) is 0.404. The minimum Gasteiger partial charge on any atom is -0.324 e. The van der Waals surface area contributed by atoms with Gasteiger partial charge in [-0.25, -0.2) is 4.98 Å². The third-order valence-corrected chi connectivity index (χ3v) is 5.48. The molecule has 140 valence electrons. The summed E-state index contributed by atoms with van der Waals surface area (Å²) in [5.41, 5.74) is 2.36. The zero-order valence-corrected chi connectivity index (χ0v) is 17.0. The summed E-state index contributed by atoms with van der Waals surface area (Å²) in [6.45, 7) is 0. The van der Waals surface area contributed by atoms with Gasteiger partial charge in [-0.3, -0.25) is 9.78 Å². The molecule has 0 saturated carbocycles. The highest BCUT2D eigenvalue weighted by Crippen LogP contribution is 2.29. The summed E-state index contributed by atoms with van der Waals surface area (Å²) in [5, 5.41) is 4.39. The lowest BCUT2D eigenvalue weighted by molar-refractivity contribution is 1.14. The van der Waals surface area contributed by atoms with E-state index in [9.17, 15) is 4.79 Å². The van der Waals surface area contributed by atoms with Gasteiger partial charge in [0.2, 0.25) is 5.95 Å². The van der Waals surface area contributed by atoms with E-state index in [2.05, 4.69) is 20.3 Å². The lowest BCUT2D eigenvalue weighted by Gasteiger charge is -2.10. The second-order valence-corrected chi connectivity index (χ2v) is 7.67. The van der Waals surface area contributed by atoms with Gasteiger partial charge in [-0.15, -0.1) is 11.8 Å². The summed E-state index contributed by atoms with van der Waals surface area (Å²) < 4.78 is 0. The van der Waals surface area contributed by atoms with Crippen LogP contribution in [-0.2, 0) is 0 Å². The topological polar surface area (TPSA) is 70.7 Å². The van der Waals surface area contributed by atoms with Crippen molar-refractivity contribution in [3.8, 4) is 11.1 Å². The van der Waals surface area contributed by atoms with E-state index in [4.69, 9.17) is 23.2 Å². The molecule has 0 bridgehead atoms. The van der Waals surface area contributed by atoms with Crippen LogP contribution in [0.15, 0.2) is 64.4 Å². The smallest absolute Gasteiger partial charge is 0.262 e. The first-order valence-corrected chi connectivity index (χ1v) is 10.3. The molecule has 2 aromatic heterocycles. The predicted octanol–water partition coefficient (Wildman–Crippen LogP) is 5.76. The van der Waals surface area contributed by atoms with Crippen molar-refractivity contribution in [2.45, 2.75) is 4.90 Å². The van der Waals surface area contributed by atoms with E-state index in [-0.39, 0.29) is 11.5 Å². The molecule has 4 aromatic rings. The van der Waals surface area contributed by atoms with Crippen LogP contribution < -0.4 is 10.9 Å². The van der Waals surface area contributed by atoms with Crippen LogP contribution >= 0.6 is 35.0 Å². The normalized spacial score (nSPS) is 11.0. The number of hydrogen-bond acceptors (Lipinski definition) is 5. The zero-order valence-electron chi connectivity index (χ0n) is 14.7. The Morgan fingerprint density at radius 2 is 1.86 bits per heavy atom. The number of aromatic amines is 1. The van der Waals surface area contributed by atoms with E-state index in [0.717, 1.165) is 16.0 Å². The van der Waals surface area contributed by atoms with Crippen molar-refractivity contribution in [1.29, 1.82) is 0 Å². The first kappa shape index (κ1) is 18.8. The number of anilines is 2. The molecule has 0 fully saturated rings. The first-order valence-electron chi connectivity index (χ1n) is 8.30. The lowest BCUT2D eigenvalue weighted by Crippen LogP contribution is -2.13. The van der Waals surface area contributed by atoms with Crippen molar-refractivity contribution in [2.24, 2.45) is 0 Å². The molecule has 0 saturated heterocycles. The maximum Gasteiger partial charge on any atom is 0.262 e. The van der Waals surface area contributed by atoms with Gasteiger partial charge in [-0.2, -0.15) is 4.98 Å². The van der Waals surface area contributed by atoms with Crippen molar-refractivity contribution in [3.63, 3.8) is 0 Å². The van der Waals surface area contributed by atoms with E-state index in [1.165, 1.54) is 0 Å². The number of pyridine rings is 1. The van der Waals surface area contributed by atoms with Crippen LogP contribution in [0.3, 0.4) is 0 Å². The van der Waals surface area contributed by atoms with Gasteiger partial charge in [0, 0.05) is 16.1 Å². The van der Waals surface area contributed by atoms with E-state index in [1.807, 2.05) is 36.6 Å². The number of benzene rings is 2. The Morgan fingerprint density at radius 1 is 1.07 bits per heavy atom.